The second-order valence-electron chi connectivity index (χ2n) is 5.10. The van der Waals surface area contributed by atoms with Gasteiger partial charge in [-0.15, -0.1) is 0 Å². The van der Waals surface area contributed by atoms with E-state index >= 15 is 0 Å². The van der Waals surface area contributed by atoms with Gasteiger partial charge in [0.25, 0.3) is 5.91 Å². The van der Waals surface area contributed by atoms with Crippen molar-refractivity contribution < 1.29 is 13.9 Å². The van der Waals surface area contributed by atoms with Gasteiger partial charge in [0.1, 0.15) is 5.75 Å². The molecule has 3 aromatic rings. The second-order valence-corrected chi connectivity index (χ2v) is 5.10. The summed E-state index contributed by atoms with van der Waals surface area (Å²) in [6.45, 7) is 0.336. The lowest BCUT2D eigenvalue weighted by molar-refractivity contribution is 0.0950. The van der Waals surface area contributed by atoms with E-state index in [1.807, 2.05) is 6.07 Å². The van der Waals surface area contributed by atoms with Gasteiger partial charge in [0, 0.05) is 18.9 Å². The lowest BCUT2D eigenvalue weighted by Gasteiger charge is -2.09. The van der Waals surface area contributed by atoms with Crippen LogP contribution in [-0.2, 0) is 6.54 Å². The minimum Gasteiger partial charge on any atom is -0.454 e. The Morgan fingerprint density at radius 1 is 1.08 bits per heavy atom. The average Bonchev–Trinajstić information content (AvgIpc) is 2.63. The van der Waals surface area contributed by atoms with Crippen LogP contribution in [0, 0.1) is 5.82 Å². The molecule has 1 N–H and O–H groups in total. The van der Waals surface area contributed by atoms with Crippen LogP contribution in [0.15, 0.2) is 73.1 Å². The predicted octanol–water partition coefficient (Wildman–Crippen LogP) is 3.94. The summed E-state index contributed by atoms with van der Waals surface area (Å²) in [6, 6.07) is 16.8. The number of hydrogen-bond donors (Lipinski definition) is 1. The van der Waals surface area contributed by atoms with Crippen molar-refractivity contribution in [2.45, 2.75) is 6.54 Å². The third kappa shape index (κ3) is 3.95. The van der Waals surface area contributed by atoms with Gasteiger partial charge in [-0.2, -0.15) is 0 Å². The largest absolute Gasteiger partial charge is 0.454 e. The molecule has 1 aromatic heterocycles. The van der Waals surface area contributed by atoms with Crippen LogP contribution in [-0.4, -0.2) is 10.9 Å². The van der Waals surface area contributed by atoms with Crippen LogP contribution in [0.5, 0.6) is 11.5 Å². The van der Waals surface area contributed by atoms with E-state index in [1.165, 1.54) is 12.3 Å². The summed E-state index contributed by atoms with van der Waals surface area (Å²) in [5, 5.41) is 2.81. The number of carbonyl (C=O) groups excluding carboxylic acids is 1. The van der Waals surface area contributed by atoms with Crippen molar-refractivity contribution in [3.05, 3.63) is 90.0 Å². The molecule has 2 aromatic carbocycles. The number of pyridine rings is 1. The van der Waals surface area contributed by atoms with Gasteiger partial charge in [-0.05, 0) is 42.0 Å². The SMILES string of the molecule is O=C(NCc1cccc(Oc2ccccc2F)c1)c1cccnc1. The zero-order valence-electron chi connectivity index (χ0n) is 12.8. The molecule has 5 heteroatoms. The highest BCUT2D eigenvalue weighted by atomic mass is 19.1. The maximum atomic E-state index is 13.6. The molecule has 4 nitrogen and oxygen atoms in total. The molecule has 24 heavy (non-hydrogen) atoms. The topological polar surface area (TPSA) is 51.2 Å². The van der Waals surface area contributed by atoms with Gasteiger partial charge in [0.15, 0.2) is 11.6 Å². The minimum absolute atomic E-state index is 0.161. The highest BCUT2D eigenvalue weighted by Crippen LogP contribution is 2.24. The minimum atomic E-state index is -0.423. The van der Waals surface area contributed by atoms with Gasteiger partial charge < -0.3 is 10.1 Å². The Balaban J connectivity index is 1.65. The Morgan fingerprint density at radius 3 is 2.75 bits per heavy atom. The fourth-order valence-electron chi connectivity index (χ4n) is 2.15. The molecule has 1 heterocycles. The third-order valence-corrected chi connectivity index (χ3v) is 3.34. The van der Waals surface area contributed by atoms with E-state index in [-0.39, 0.29) is 11.7 Å². The summed E-state index contributed by atoms with van der Waals surface area (Å²) in [4.78, 5) is 15.9. The molecule has 120 valence electrons. The molecular weight excluding hydrogens is 307 g/mol. The van der Waals surface area contributed by atoms with E-state index in [1.54, 1.807) is 54.7 Å². The summed E-state index contributed by atoms with van der Waals surface area (Å²) in [6.07, 6.45) is 3.12. The standard InChI is InChI=1S/C19H15FN2O2/c20-17-8-1-2-9-18(17)24-16-7-3-5-14(11-16)12-22-19(23)15-6-4-10-21-13-15/h1-11,13H,12H2,(H,22,23). The van der Waals surface area contributed by atoms with Crippen molar-refractivity contribution in [2.75, 3.05) is 0 Å². The van der Waals surface area contributed by atoms with Crippen molar-refractivity contribution >= 4 is 5.91 Å². The van der Waals surface area contributed by atoms with Crippen LogP contribution in [0.3, 0.4) is 0 Å². The fourth-order valence-corrected chi connectivity index (χ4v) is 2.15. The number of para-hydroxylation sites is 1. The monoisotopic (exact) mass is 322 g/mol. The highest BCUT2D eigenvalue weighted by Gasteiger charge is 2.06. The number of hydrogen-bond acceptors (Lipinski definition) is 3. The van der Waals surface area contributed by atoms with E-state index < -0.39 is 5.82 Å². The number of amides is 1. The van der Waals surface area contributed by atoms with Gasteiger partial charge in [-0.1, -0.05) is 24.3 Å². The fraction of sp³-hybridized carbons (Fsp3) is 0.0526. The van der Waals surface area contributed by atoms with Crippen LogP contribution in [0.1, 0.15) is 15.9 Å². The van der Waals surface area contributed by atoms with Crippen LogP contribution in [0.2, 0.25) is 0 Å². The quantitative estimate of drug-likeness (QED) is 0.774. The Kier molecular flexibility index (Phi) is 4.81. The number of ether oxygens (including phenoxy) is 1. The number of nitrogens with zero attached hydrogens (tertiary/aromatic N) is 1. The van der Waals surface area contributed by atoms with Crippen molar-refractivity contribution in [1.29, 1.82) is 0 Å². The van der Waals surface area contributed by atoms with Crippen LogP contribution >= 0.6 is 0 Å². The first-order valence-electron chi connectivity index (χ1n) is 7.42. The lowest BCUT2D eigenvalue weighted by Crippen LogP contribution is -2.22. The van der Waals surface area contributed by atoms with E-state index in [0.29, 0.717) is 17.9 Å². The van der Waals surface area contributed by atoms with Crippen molar-refractivity contribution in [2.24, 2.45) is 0 Å². The van der Waals surface area contributed by atoms with Gasteiger partial charge >= 0.3 is 0 Å². The second kappa shape index (κ2) is 7.37. The molecule has 0 unspecified atom stereocenters. The van der Waals surface area contributed by atoms with Gasteiger partial charge in [0.2, 0.25) is 0 Å². The number of rotatable bonds is 5. The first kappa shape index (κ1) is 15.7. The summed E-state index contributed by atoms with van der Waals surface area (Å²) in [5.41, 5.74) is 1.34. The number of carbonyl (C=O) groups is 1. The summed E-state index contributed by atoms with van der Waals surface area (Å²) < 4.78 is 19.2. The molecule has 0 aliphatic rings. The molecule has 0 saturated carbocycles. The molecule has 3 rings (SSSR count). The summed E-state index contributed by atoms with van der Waals surface area (Å²) in [7, 11) is 0. The smallest absolute Gasteiger partial charge is 0.253 e. The Morgan fingerprint density at radius 2 is 1.96 bits per heavy atom. The Bertz CT molecular complexity index is 838. The lowest BCUT2D eigenvalue weighted by atomic mass is 10.2. The van der Waals surface area contributed by atoms with Gasteiger partial charge in [0.05, 0.1) is 5.56 Å². The molecule has 0 saturated heterocycles. The zero-order valence-corrected chi connectivity index (χ0v) is 12.8. The van der Waals surface area contributed by atoms with Crippen molar-refractivity contribution in [3.8, 4) is 11.5 Å². The third-order valence-electron chi connectivity index (χ3n) is 3.34. The molecule has 0 aliphatic carbocycles. The normalized spacial score (nSPS) is 10.2. The van der Waals surface area contributed by atoms with Crippen molar-refractivity contribution in [3.63, 3.8) is 0 Å². The Labute approximate surface area is 138 Å². The number of nitrogens with one attached hydrogen (secondary N) is 1. The molecular formula is C19H15FN2O2. The molecule has 0 aliphatic heterocycles. The number of halogens is 1. The summed E-state index contributed by atoms with van der Waals surface area (Å²) >= 11 is 0. The van der Waals surface area contributed by atoms with E-state index in [9.17, 15) is 9.18 Å². The van der Waals surface area contributed by atoms with E-state index in [0.717, 1.165) is 5.56 Å². The maximum absolute atomic E-state index is 13.6. The number of aromatic nitrogens is 1. The molecule has 0 atom stereocenters. The van der Waals surface area contributed by atoms with Crippen LogP contribution in [0.25, 0.3) is 0 Å². The van der Waals surface area contributed by atoms with Gasteiger partial charge in [-0.25, -0.2) is 4.39 Å². The first-order chi connectivity index (χ1) is 11.7. The van der Waals surface area contributed by atoms with Crippen molar-refractivity contribution in [1.82, 2.24) is 10.3 Å². The van der Waals surface area contributed by atoms with Crippen LogP contribution in [0.4, 0.5) is 4.39 Å². The molecule has 0 radical (unpaired) electrons. The summed E-state index contributed by atoms with van der Waals surface area (Å²) in [5.74, 6) is 0.0404. The maximum Gasteiger partial charge on any atom is 0.253 e. The first-order valence-corrected chi connectivity index (χ1v) is 7.42. The van der Waals surface area contributed by atoms with E-state index in [2.05, 4.69) is 10.3 Å². The highest BCUT2D eigenvalue weighted by molar-refractivity contribution is 5.93. The van der Waals surface area contributed by atoms with E-state index in [4.69, 9.17) is 4.74 Å². The van der Waals surface area contributed by atoms with Crippen LogP contribution < -0.4 is 10.1 Å². The zero-order chi connectivity index (χ0) is 16.8. The number of benzene rings is 2. The van der Waals surface area contributed by atoms with Gasteiger partial charge in [-0.3, -0.25) is 9.78 Å². The molecule has 0 spiro atoms. The molecule has 1 amide bonds. The molecule has 0 fully saturated rings. The average molecular weight is 322 g/mol. The predicted molar refractivity (Wildman–Crippen MR) is 88.3 cm³/mol. The molecule has 0 bridgehead atoms. The Hall–Kier alpha value is -3.21.